The van der Waals surface area contributed by atoms with Gasteiger partial charge in [0, 0.05) is 12.1 Å². The van der Waals surface area contributed by atoms with Crippen molar-refractivity contribution in [3.63, 3.8) is 0 Å². The summed E-state index contributed by atoms with van der Waals surface area (Å²) in [6, 6.07) is 3.52. The number of nitrogens with one attached hydrogen (secondary N) is 1. The molecule has 0 aliphatic rings. The number of hydrogen-bond acceptors (Lipinski definition) is 2. The van der Waals surface area contributed by atoms with Gasteiger partial charge in [0.25, 0.3) is 0 Å². The average Bonchev–Trinajstić information content (AvgIpc) is 2.28. The lowest BCUT2D eigenvalue weighted by atomic mass is 10.0. The highest BCUT2D eigenvalue weighted by Gasteiger charge is 2.12. The van der Waals surface area contributed by atoms with E-state index in [0.717, 1.165) is 18.6 Å². The summed E-state index contributed by atoms with van der Waals surface area (Å²) in [6.45, 7) is 3.94. The second-order valence-corrected chi connectivity index (χ2v) is 4.27. The van der Waals surface area contributed by atoms with E-state index in [-0.39, 0.29) is 17.5 Å². The van der Waals surface area contributed by atoms with Crippen LogP contribution in [0.25, 0.3) is 0 Å². The monoisotopic (exact) mass is 253 g/mol. The summed E-state index contributed by atoms with van der Waals surface area (Å²) < 4.78 is 13.3. The predicted octanol–water partition coefficient (Wildman–Crippen LogP) is 2.90. The maximum Gasteiger partial charge on any atom is 0.338 e. The van der Waals surface area contributed by atoms with Gasteiger partial charge in [0.05, 0.1) is 5.56 Å². The van der Waals surface area contributed by atoms with Gasteiger partial charge in [-0.2, -0.15) is 0 Å². The molecule has 2 N–H and O–H groups in total. The second kappa shape index (κ2) is 6.14. The Balaban J connectivity index is 2.72. The highest BCUT2D eigenvalue weighted by Crippen LogP contribution is 2.16. The molecule has 0 saturated heterocycles. The molecule has 1 aromatic rings. The van der Waals surface area contributed by atoms with E-state index in [1.54, 1.807) is 0 Å². The van der Waals surface area contributed by atoms with Crippen molar-refractivity contribution in [1.82, 2.24) is 0 Å². The molecule has 18 heavy (non-hydrogen) atoms. The van der Waals surface area contributed by atoms with Crippen LogP contribution in [0.15, 0.2) is 18.2 Å². The van der Waals surface area contributed by atoms with E-state index in [4.69, 9.17) is 5.11 Å². The molecule has 0 bridgehead atoms. The number of anilines is 1. The summed E-state index contributed by atoms with van der Waals surface area (Å²) in [6.07, 6.45) is 1.25. The van der Waals surface area contributed by atoms with Crippen molar-refractivity contribution in [1.29, 1.82) is 0 Å². The third-order valence-electron chi connectivity index (χ3n) is 2.71. The zero-order chi connectivity index (χ0) is 13.7. The van der Waals surface area contributed by atoms with Gasteiger partial charge < -0.3 is 10.4 Å². The quantitative estimate of drug-likeness (QED) is 0.847. The van der Waals surface area contributed by atoms with Crippen molar-refractivity contribution >= 4 is 17.6 Å². The SMILES string of the molecule is CCC(C)CC(=O)Nc1ccc(C(=O)O)c(F)c1. The second-order valence-electron chi connectivity index (χ2n) is 4.27. The van der Waals surface area contributed by atoms with Gasteiger partial charge in [0.2, 0.25) is 5.91 Å². The molecule has 0 aliphatic carbocycles. The maximum absolute atomic E-state index is 13.3. The van der Waals surface area contributed by atoms with E-state index >= 15 is 0 Å². The first-order chi connectivity index (χ1) is 8.43. The lowest BCUT2D eigenvalue weighted by Crippen LogP contribution is -2.15. The molecular formula is C13H16FNO3. The Hall–Kier alpha value is -1.91. The van der Waals surface area contributed by atoms with E-state index in [1.165, 1.54) is 6.07 Å². The highest BCUT2D eigenvalue weighted by molar-refractivity contribution is 5.92. The lowest BCUT2D eigenvalue weighted by Gasteiger charge is -2.09. The Labute approximate surface area is 105 Å². The number of carbonyl (C=O) groups excluding carboxylic acids is 1. The third kappa shape index (κ3) is 3.84. The fourth-order valence-corrected chi connectivity index (χ4v) is 1.44. The van der Waals surface area contributed by atoms with Crippen LogP contribution in [0.5, 0.6) is 0 Å². The molecule has 1 unspecified atom stereocenters. The molecule has 0 heterocycles. The van der Waals surface area contributed by atoms with Crippen LogP contribution in [0, 0.1) is 11.7 Å². The van der Waals surface area contributed by atoms with Crippen molar-refractivity contribution in [3.8, 4) is 0 Å². The van der Waals surface area contributed by atoms with E-state index < -0.39 is 17.3 Å². The predicted molar refractivity (Wildman–Crippen MR) is 66.1 cm³/mol. The van der Waals surface area contributed by atoms with Crippen LogP contribution in [0.3, 0.4) is 0 Å². The van der Waals surface area contributed by atoms with Gasteiger partial charge in [-0.05, 0) is 24.1 Å². The number of carboxylic acids is 1. The molecule has 1 rings (SSSR count). The van der Waals surface area contributed by atoms with Gasteiger partial charge in [-0.25, -0.2) is 9.18 Å². The fraction of sp³-hybridized carbons (Fsp3) is 0.385. The van der Waals surface area contributed by atoms with Gasteiger partial charge in [-0.3, -0.25) is 4.79 Å². The molecule has 1 atom stereocenters. The van der Waals surface area contributed by atoms with E-state index in [1.807, 2.05) is 13.8 Å². The molecule has 1 aromatic carbocycles. The van der Waals surface area contributed by atoms with Crippen molar-refractivity contribution in [3.05, 3.63) is 29.6 Å². The standard InChI is InChI=1S/C13H16FNO3/c1-3-8(2)6-12(16)15-9-4-5-10(13(17)18)11(14)7-9/h4-5,7-8H,3,6H2,1-2H3,(H,15,16)(H,17,18). The molecule has 0 radical (unpaired) electrons. The van der Waals surface area contributed by atoms with E-state index in [9.17, 15) is 14.0 Å². The first-order valence-electron chi connectivity index (χ1n) is 5.76. The molecule has 0 spiro atoms. The van der Waals surface area contributed by atoms with Gasteiger partial charge in [0.1, 0.15) is 5.82 Å². The number of carboxylic acid groups (broad SMARTS) is 1. The molecule has 0 aliphatic heterocycles. The average molecular weight is 253 g/mol. The van der Waals surface area contributed by atoms with Crippen LogP contribution in [0.1, 0.15) is 37.0 Å². The van der Waals surface area contributed by atoms with Crippen molar-refractivity contribution in [2.45, 2.75) is 26.7 Å². The Kier molecular flexibility index (Phi) is 4.83. The minimum Gasteiger partial charge on any atom is -0.478 e. The molecule has 98 valence electrons. The van der Waals surface area contributed by atoms with Crippen molar-refractivity contribution < 1.29 is 19.1 Å². The largest absolute Gasteiger partial charge is 0.478 e. The molecule has 1 amide bonds. The Morgan fingerprint density at radius 1 is 1.44 bits per heavy atom. The van der Waals surface area contributed by atoms with Crippen LogP contribution < -0.4 is 5.32 Å². The third-order valence-corrected chi connectivity index (χ3v) is 2.71. The van der Waals surface area contributed by atoms with Crippen LogP contribution in [0.2, 0.25) is 0 Å². The Morgan fingerprint density at radius 2 is 2.11 bits per heavy atom. The summed E-state index contributed by atoms with van der Waals surface area (Å²) in [5, 5.41) is 11.2. The number of amides is 1. The number of rotatable bonds is 5. The van der Waals surface area contributed by atoms with Crippen LogP contribution in [0.4, 0.5) is 10.1 Å². The van der Waals surface area contributed by atoms with E-state index in [2.05, 4.69) is 5.32 Å². The lowest BCUT2D eigenvalue weighted by molar-refractivity contribution is -0.117. The first-order valence-corrected chi connectivity index (χ1v) is 5.76. The van der Waals surface area contributed by atoms with E-state index in [0.29, 0.717) is 6.42 Å². The molecule has 0 fully saturated rings. The van der Waals surface area contributed by atoms with Crippen LogP contribution in [-0.2, 0) is 4.79 Å². The van der Waals surface area contributed by atoms with Crippen LogP contribution >= 0.6 is 0 Å². The van der Waals surface area contributed by atoms with Gasteiger partial charge in [0.15, 0.2) is 0 Å². The normalized spacial score (nSPS) is 11.9. The molecule has 4 nitrogen and oxygen atoms in total. The summed E-state index contributed by atoms with van der Waals surface area (Å²) in [5.41, 5.74) is -0.138. The summed E-state index contributed by atoms with van der Waals surface area (Å²) in [4.78, 5) is 22.2. The fourth-order valence-electron chi connectivity index (χ4n) is 1.44. The number of carbonyl (C=O) groups is 2. The number of aromatic carboxylic acids is 1. The Bertz CT molecular complexity index is 460. The van der Waals surface area contributed by atoms with Gasteiger partial charge in [-0.15, -0.1) is 0 Å². The number of halogens is 1. The van der Waals surface area contributed by atoms with Gasteiger partial charge in [-0.1, -0.05) is 20.3 Å². The highest BCUT2D eigenvalue weighted by atomic mass is 19.1. The van der Waals surface area contributed by atoms with Gasteiger partial charge >= 0.3 is 5.97 Å². The maximum atomic E-state index is 13.3. The molecule has 5 heteroatoms. The minimum absolute atomic E-state index is 0.202. The first kappa shape index (κ1) is 14.2. The zero-order valence-electron chi connectivity index (χ0n) is 10.4. The summed E-state index contributed by atoms with van der Waals surface area (Å²) >= 11 is 0. The zero-order valence-corrected chi connectivity index (χ0v) is 10.4. The van der Waals surface area contributed by atoms with Crippen molar-refractivity contribution in [2.24, 2.45) is 5.92 Å². The van der Waals surface area contributed by atoms with Crippen LogP contribution in [-0.4, -0.2) is 17.0 Å². The Morgan fingerprint density at radius 3 is 2.61 bits per heavy atom. The summed E-state index contributed by atoms with van der Waals surface area (Å²) in [5.74, 6) is -2.13. The smallest absolute Gasteiger partial charge is 0.338 e. The minimum atomic E-state index is -1.33. The summed E-state index contributed by atoms with van der Waals surface area (Å²) in [7, 11) is 0. The molecule has 0 saturated carbocycles. The number of hydrogen-bond donors (Lipinski definition) is 2. The number of benzene rings is 1. The molecule has 0 aromatic heterocycles. The topological polar surface area (TPSA) is 66.4 Å². The van der Waals surface area contributed by atoms with Crippen molar-refractivity contribution in [2.75, 3.05) is 5.32 Å². The molecular weight excluding hydrogens is 237 g/mol.